The van der Waals surface area contributed by atoms with Gasteiger partial charge in [0.1, 0.15) is 0 Å². The Bertz CT molecular complexity index is 1530. The molecule has 4 aromatic rings. The van der Waals surface area contributed by atoms with Gasteiger partial charge in [0.05, 0.1) is 28.6 Å². The molecular weight excluding hydrogens is 496 g/mol. The van der Waals surface area contributed by atoms with Gasteiger partial charge in [0.2, 0.25) is 5.88 Å². The Labute approximate surface area is 225 Å². The van der Waals surface area contributed by atoms with E-state index in [9.17, 15) is 8.42 Å². The van der Waals surface area contributed by atoms with E-state index in [0.29, 0.717) is 16.8 Å². The molecule has 8 heteroatoms. The second-order valence-electron chi connectivity index (χ2n) is 10.4. The van der Waals surface area contributed by atoms with Crippen LogP contribution >= 0.6 is 0 Å². The topological polar surface area (TPSA) is 67.7 Å². The molecule has 0 radical (unpaired) electrons. The molecule has 0 spiro atoms. The minimum absolute atomic E-state index is 0.308. The summed E-state index contributed by atoms with van der Waals surface area (Å²) in [6.45, 7) is 9.94. The number of hydrogen-bond acceptors (Lipinski definition) is 6. The third-order valence-corrected chi connectivity index (χ3v) is 8.70. The summed E-state index contributed by atoms with van der Waals surface area (Å²) in [6.07, 6.45) is 1.22. The fourth-order valence-corrected chi connectivity index (χ4v) is 5.86. The maximum Gasteiger partial charge on any atom is 0.223 e. The van der Waals surface area contributed by atoms with Crippen LogP contribution in [0.15, 0.2) is 65.6 Å². The van der Waals surface area contributed by atoms with Crippen LogP contribution in [0.3, 0.4) is 0 Å². The third-order valence-electron chi connectivity index (χ3n) is 7.57. The summed E-state index contributed by atoms with van der Waals surface area (Å²) in [5, 5.41) is 0.915. The van der Waals surface area contributed by atoms with Gasteiger partial charge in [-0.2, -0.15) is 0 Å². The van der Waals surface area contributed by atoms with Gasteiger partial charge in [-0.3, -0.25) is 9.80 Å². The average Bonchev–Trinajstić information content (AvgIpc) is 3.24. The Balaban J connectivity index is 1.40. The summed E-state index contributed by atoms with van der Waals surface area (Å²) in [7, 11) is 0.406. The highest BCUT2D eigenvalue weighted by molar-refractivity contribution is 7.90. The first-order valence-corrected chi connectivity index (χ1v) is 14.9. The van der Waals surface area contributed by atoms with Crippen LogP contribution in [0.25, 0.3) is 33.4 Å². The second kappa shape index (κ2) is 10.5. The molecule has 2 aromatic carbocycles. The van der Waals surface area contributed by atoms with Gasteiger partial charge in [-0.05, 0) is 49.2 Å². The summed E-state index contributed by atoms with van der Waals surface area (Å²) in [5.41, 5.74) is 6.09. The van der Waals surface area contributed by atoms with Crippen LogP contribution in [0.1, 0.15) is 19.4 Å². The summed E-state index contributed by atoms with van der Waals surface area (Å²) >= 11 is 0. The number of fused-ring (bicyclic) bond motifs is 1. The van der Waals surface area contributed by atoms with Gasteiger partial charge in [-0.15, -0.1) is 0 Å². The number of pyridine rings is 1. The van der Waals surface area contributed by atoms with Crippen molar-refractivity contribution in [1.29, 1.82) is 0 Å². The van der Waals surface area contributed by atoms with E-state index in [0.717, 1.165) is 66.1 Å². The van der Waals surface area contributed by atoms with Gasteiger partial charge in [0.15, 0.2) is 9.84 Å². The molecule has 5 rings (SSSR count). The molecule has 0 bridgehead atoms. The van der Waals surface area contributed by atoms with Gasteiger partial charge in [-0.25, -0.2) is 13.4 Å². The lowest BCUT2D eigenvalue weighted by Crippen LogP contribution is -2.48. The van der Waals surface area contributed by atoms with Gasteiger partial charge in [0, 0.05) is 63.3 Å². The van der Waals surface area contributed by atoms with E-state index in [1.165, 1.54) is 11.8 Å². The molecule has 0 atom stereocenters. The predicted octanol–water partition coefficient (Wildman–Crippen LogP) is 4.85. The van der Waals surface area contributed by atoms with Crippen LogP contribution in [-0.2, 0) is 23.4 Å². The molecule has 1 aliphatic rings. The zero-order chi connectivity index (χ0) is 27.0. The molecule has 38 heavy (non-hydrogen) atoms. The Hall–Kier alpha value is -3.20. The standard InChI is InChI=1S/C30H36N4O3S/c1-21(2)34-16-14-33(15-17-34)20-22-6-8-23(9-7-22)27-19-29-26(30(31-27)37-4)18-28(32(29)3)24-10-12-25(13-11-24)38(5,35)36/h6-13,18-19,21H,14-17,20H2,1-5H3. The van der Waals surface area contributed by atoms with Crippen LogP contribution in [0.5, 0.6) is 5.88 Å². The van der Waals surface area contributed by atoms with Crippen LogP contribution in [0, 0.1) is 0 Å². The lowest BCUT2D eigenvalue weighted by Gasteiger charge is -2.36. The van der Waals surface area contributed by atoms with Crippen LogP contribution in [0.4, 0.5) is 0 Å². The Morgan fingerprint density at radius 1 is 0.921 bits per heavy atom. The SMILES string of the molecule is COc1nc(-c2ccc(CN3CCN(C(C)C)CC3)cc2)cc2c1cc(-c1ccc(S(C)(=O)=O)cc1)n2C. The molecule has 1 aliphatic heterocycles. The number of methoxy groups -OCH3 is 1. The number of benzene rings is 2. The van der Waals surface area contributed by atoms with Crippen molar-refractivity contribution in [3.05, 3.63) is 66.2 Å². The van der Waals surface area contributed by atoms with E-state index < -0.39 is 9.84 Å². The Morgan fingerprint density at radius 2 is 1.55 bits per heavy atom. The number of aryl methyl sites for hydroxylation is 1. The van der Waals surface area contributed by atoms with Crippen LogP contribution in [0.2, 0.25) is 0 Å². The monoisotopic (exact) mass is 532 g/mol. The molecule has 3 heterocycles. The minimum Gasteiger partial charge on any atom is -0.480 e. The highest BCUT2D eigenvalue weighted by Gasteiger charge is 2.19. The largest absolute Gasteiger partial charge is 0.480 e. The van der Waals surface area contributed by atoms with E-state index in [1.807, 2.05) is 25.2 Å². The number of sulfone groups is 1. The van der Waals surface area contributed by atoms with E-state index in [1.54, 1.807) is 19.2 Å². The average molecular weight is 533 g/mol. The second-order valence-corrected chi connectivity index (χ2v) is 12.5. The Morgan fingerprint density at radius 3 is 2.13 bits per heavy atom. The molecular formula is C30H36N4O3S. The maximum absolute atomic E-state index is 11.9. The lowest BCUT2D eigenvalue weighted by molar-refractivity contribution is 0.104. The minimum atomic E-state index is -3.24. The summed E-state index contributed by atoms with van der Waals surface area (Å²) in [5.74, 6) is 0.569. The van der Waals surface area contributed by atoms with E-state index in [2.05, 4.69) is 58.5 Å². The van der Waals surface area contributed by atoms with E-state index in [-0.39, 0.29) is 0 Å². The van der Waals surface area contributed by atoms with Gasteiger partial charge < -0.3 is 9.30 Å². The highest BCUT2D eigenvalue weighted by atomic mass is 32.2. The number of nitrogens with zero attached hydrogens (tertiary/aromatic N) is 4. The van der Waals surface area contributed by atoms with E-state index >= 15 is 0 Å². The highest BCUT2D eigenvalue weighted by Crippen LogP contribution is 2.35. The third kappa shape index (κ3) is 5.34. The van der Waals surface area contributed by atoms with Crippen molar-refractivity contribution in [2.45, 2.75) is 31.3 Å². The quantitative estimate of drug-likeness (QED) is 0.339. The smallest absolute Gasteiger partial charge is 0.223 e. The normalized spacial score (nSPS) is 15.4. The number of hydrogen-bond donors (Lipinski definition) is 0. The summed E-state index contributed by atoms with van der Waals surface area (Å²) < 4.78 is 31.5. The predicted molar refractivity (Wildman–Crippen MR) is 153 cm³/mol. The first-order valence-electron chi connectivity index (χ1n) is 13.0. The molecule has 7 nitrogen and oxygen atoms in total. The Kier molecular flexibility index (Phi) is 7.31. The fourth-order valence-electron chi connectivity index (χ4n) is 5.23. The fraction of sp³-hybridized carbons (Fsp3) is 0.367. The van der Waals surface area contributed by atoms with Crippen molar-refractivity contribution in [1.82, 2.24) is 19.4 Å². The van der Waals surface area contributed by atoms with Crippen molar-refractivity contribution >= 4 is 20.7 Å². The van der Waals surface area contributed by atoms with Crippen molar-refractivity contribution in [2.24, 2.45) is 7.05 Å². The zero-order valence-electron chi connectivity index (χ0n) is 22.8. The number of ether oxygens (including phenoxy) is 1. The first kappa shape index (κ1) is 26.4. The maximum atomic E-state index is 11.9. The van der Waals surface area contributed by atoms with Crippen LogP contribution in [-0.4, -0.2) is 73.4 Å². The van der Waals surface area contributed by atoms with Gasteiger partial charge in [0.25, 0.3) is 0 Å². The van der Waals surface area contributed by atoms with Crippen molar-refractivity contribution in [2.75, 3.05) is 39.5 Å². The molecule has 0 saturated carbocycles. The molecule has 1 fully saturated rings. The first-order chi connectivity index (χ1) is 18.1. The summed E-state index contributed by atoms with van der Waals surface area (Å²) in [6, 6.07) is 20.4. The number of aromatic nitrogens is 2. The molecule has 0 unspecified atom stereocenters. The van der Waals surface area contributed by atoms with E-state index in [4.69, 9.17) is 9.72 Å². The van der Waals surface area contributed by atoms with Crippen molar-refractivity contribution in [3.63, 3.8) is 0 Å². The number of piperazine rings is 1. The molecule has 0 amide bonds. The molecule has 2 aromatic heterocycles. The zero-order valence-corrected chi connectivity index (χ0v) is 23.6. The number of rotatable bonds is 7. The molecule has 0 aliphatic carbocycles. The molecule has 200 valence electrons. The van der Waals surface area contributed by atoms with Crippen molar-refractivity contribution < 1.29 is 13.2 Å². The van der Waals surface area contributed by atoms with Crippen LogP contribution < -0.4 is 4.74 Å². The lowest BCUT2D eigenvalue weighted by atomic mass is 10.1. The van der Waals surface area contributed by atoms with Gasteiger partial charge in [-0.1, -0.05) is 36.4 Å². The van der Waals surface area contributed by atoms with Gasteiger partial charge >= 0.3 is 0 Å². The summed E-state index contributed by atoms with van der Waals surface area (Å²) in [4.78, 5) is 10.2. The molecule has 0 N–H and O–H groups in total. The molecule has 1 saturated heterocycles. The van der Waals surface area contributed by atoms with Crippen molar-refractivity contribution in [3.8, 4) is 28.4 Å².